The number of para-hydroxylation sites is 1. The molecule has 0 unspecified atom stereocenters. The van der Waals surface area contributed by atoms with Gasteiger partial charge in [-0.2, -0.15) is 0 Å². The SMILES string of the molecule is CCc1cccc(NC(N)=NCCOc2ccccc2)c1.I. The summed E-state index contributed by atoms with van der Waals surface area (Å²) in [4.78, 5) is 4.25. The first-order valence-electron chi connectivity index (χ1n) is 7.11. The minimum atomic E-state index is 0. The van der Waals surface area contributed by atoms with E-state index in [-0.39, 0.29) is 24.0 Å². The number of anilines is 1. The van der Waals surface area contributed by atoms with Crippen LogP contribution in [-0.4, -0.2) is 19.1 Å². The van der Waals surface area contributed by atoms with Gasteiger partial charge in [-0.3, -0.25) is 0 Å². The Kier molecular flexibility index (Phi) is 8.35. The third-order valence-electron chi connectivity index (χ3n) is 2.99. The van der Waals surface area contributed by atoms with Crippen molar-refractivity contribution in [3.05, 3.63) is 60.2 Å². The van der Waals surface area contributed by atoms with Gasteiger partial charge in [0.25, 0.3) is 0 Å². The van der Waals surface area contributed by atoms with Crippen LogP contribution in [0.1, 0.15) is 12.5 Å². The number of ether oxygens (including phenoxy) is 1. The minimum Gasteiger partial charge on any atom is -0.492 e. The van der Waals surface area contributed by atoms with Gasteiger partial charge in [-0.25, -0.2) is 4.99 Å². The molecule has 3 N–H and O–H groups in total. The summed E-state index contributed by atoms with van der Waals surface area (Å²) >= 11 is 0. The molecule has 0 saturated carbocycles. The van der Waals surface area contributed by atoms with Gasteiger partial charge in [-0.1, -0.05) is 37.3 Å². The summed E-state index contributed by atoms with van der Waals surface area (Å²) in [6, 6.07) is 17.8. The zero-order valence-corrected chi connectivity index (χ0v) is 15.0. The number of rotatable bonds is 6. The van der Waals surface area contributed by atoms with Crippen LogP contribution < -0.4 is 15.8 Å². The molecule has 0 spiro atoms. The summed E-state index contributed by atoms with van der Waals surface area (Å²) in [7, 11) is 0. The highest BCUT2D eigenvalue weighted by atomic mass is 127. The van der Waals surface area contributed by atoms with Crippen molar-refractivity contribution in [1.82, 2.24) is 0 Å². The van der Waals surface area contributed by atoms with Gasteiger partial charge >= 0.3 is 0 Å². The van der Waals surface area contributed by atoms with Crippen molar-refractivity contribution in [1.29, 1.82) is 0 Å². The van der Waals surface area contributed by atoms with Gasteiger partial charge in [0, 0.05) is 5.69 Å². The molecular weight excluding hydrogens is 389 g/mol. The molecule has 2 aromatic carbocycles. The lowest BCUT2D eigenvalue weighted by Crippen LogP contribution is -2.23. The van der Waals surface area contributed by atoms with E-state index in [1.807, 2.05) is 42.5 Å². The summed E-state index contributed by atoms with van der Waals surface area (Å²) in [6.45, 7) is 3.14. The molecule has 0 radical (unpaired) electrons. The quantitative estimate of drug-likeness (QED) is 0.330. The van der Waals surface area contributed by atoms with Gasteiger partial charge < -0.3 is 15.8 Å². The lowest BCUT2D eigenvalue weighted by molar-refractivity contribution is 0.329. The van der Waals surface area contributed by atoms with Crippen molar-refractivity contribution in [3.8, 4) is 5.75 Å². The van der Waals surface area contributed by atoms with Crippen LogP contribution in [0.15, 0.2) is 59.6 Å². The highest BCUT2D eigenvalue weighted by Crippen LogP contribution is 2.10. The highest BCUT2D eigenvalue weighted by Gasteiger charge is 1.97. The highest BCUT2D eigenvalue weighted by molar-refractivity contribution is 14.0. The number of hydrogen-bond acceptors (Lipinski definition) is 2. The number of nitrogens with two attached hydrogens (primary N) is 1. The molecule has 2 rings (SSSR count). The standard InChI is InChI=1S/C17H21N3O.HI/c1-2-14-7-6-8-15(13-14)20-17(18)19-11-12-21-16-9-4-3-5-10-16;/h3-10,13H,2,11-12H2,1H3,(H3,18,19,20);1H. The van der Waals surface area contributed by atoms with Crippen molar-refractivity contribution in [2.24, 2.45) is 10.7 Å². The first-order valence-corrected chi connectivity index (χ1v) is 7.11. The van der Waals surface area contributed by atoms with Crippen LogP contribution in [0.4, 0.5) is 5.69 Å². The van der Waals surface area contributed by atoms with Crippen molar-refractivity contribution in [2.45, 2.75) is 13.3 Å². The Morgan fingerprint density at radius 1 is 1.14 bits per heavy atom. The third-order valence-corrected chi connectivity index (χ3v) is 2.99. The van der Waals surface area contributed by atoms with Crippen LogP contribution in [0.25, 0.3) is 0 Å². The van der Waals surface area contributed by atoms with E-state index in [9.17, 15) is 0 Å². The topological polar surface area (TPSA) is 59.6 Å². The summed E-state index contributed by atoms with van der Waals surface area (Å²) in [6.07, 6.45) is 0.998. The average Bonchev–Trinajstić information content (AvgIpc) is 2.53. The fourth-order valence-corrected chi connectivity index (χ4v) is 1.90. The second kappa shape index (κ2) is 10.0. The predicted molar refractivity (Wildman–Crippen MR) is 103 cm³/mol. The van der Waals surface area contributed by atoms with E-state index < -0.39 is 0 Å². The summed E-state index contributed by atoms with van der Waals surface area (Å²) in [5.74, 6) is 1.25. The van der Waals surface area contributed by atoms with Gasteiger partial charge in [0.05, 0.1) is 6.54 Å². The van der Waals surface area contributed by atoms with Crippen molar-refractivity contribution in [2.75, 3.05) is 18.5 Å². The average molecular weight is 411 g/mol. The lowest BCUT2D eigenvalue weighted by atomic mass is 10.1. The van der Waals surface area contributed by atoms with E-state index in [2.05, 4.69) is 29.4 Å². The molecule has 0 heterocycles. The molecule has 22 heavy (non-hydrogen) atoms. The molecule has 0 aromatic heterocycles. The molecule has 0 bridgehead atoms. The molecule has 0 saturated heterocycles. The number of hydrogen-bond donors (Lipinski definition) is 2. The molecule has 4 nitrogen and oxygen atoms in total. The Balaban J connectivity index is 0.00000242. The lowest BCUT2D eigenvalue weighted by Gasteiger charge is -2.07. The van der Waals surface area contributed by atoms with E-state index >= 15 is 0 Å². The zero-order chi connectivity index (χ0) is 14.9. The first-order chi connectivity index (χ1) is 10.3. The number of aryl methyl sites for hydroxylation is 1. The Labute approximate surface area is 148 Å². The van der Waals surface area contributed by atoms with E-state index in [0.29, 0.717) is 19.1 Å². The normalized spacial score (nSPS) is 10.7. The Hall–Kier alpha value is -1.76. The maximum Gasteiger partial charge on any atom is 0.193 e. The third kappa shape index (κ3) is 6.34. The second-order valence-electron chi connectivity index (χ2n) is 4.61. The molecule has 118 valence electrons. The van der Waals surface area contributed by atoms with Gasteiger partial charge in [-0.15, -0.1) is 24.0 Å². The molecule has 0 amide bonds. The van der Waals surface area contributed by atoms with Gasteiger partial charge in [0.1, 0.15) is 12.4 Å². The smallest absolute Gasteiger partial charge is 0.193 e. The summed E-state index contributed by atoms with van der Waals surface area (Å²) in [5.41, 5.74) is 8.08. The second-order valence-corrected chi connectivity index (χ2v) is 4.61. The van der Waals surface area contributed by atoms with Crippen LogP contribution in [0.5, 0.6) is 5.75 Å². The van der Waals surface area contributed by atoms with Gasteiger partial charge in [-0.05, 0) is 36.2 Å². The molecule has 0 aliphatic carbocycles. The van der Waals surface area contributed by atoms with Crippen LogP contribution in [0, 0.1) is 0 Å². The number of aliphatic imine (C=N–C) groups is 1. The van der Waals surface area contributed by atoms with Gasteiger partial charge in [0.2, 0.25) is 0 Å². The number of nitrogens with zero attached hydrogens (tertiary/aromatic N) is 1. The first kappa shape index (κ1) is 18.3. The number of guanidine groups is 1. The molecular formula is C17H22IN3O. The maximum atomic E-state index is 5.86. The van der Waals surface area contributed by atoms with E-state index in [4.69, 9.17) is 10.5 Å². The van der Waals surface area contributed by atoms with Crippen molar-refractivity contribution in [3.63, 3.8) is 0 Å². The fraction of sp³-hybridized carbons (Fsp3) is 0.235. The Morgan fingerprint density at radius 2 is 1.91 bits per heavy atom. The largest absolute Gasteiger partial charge is 0.492 e. The van der Waals surface area contributed by atoms with Gasteiger partial charge in [0.15, 0.2) is 5.96 Å². The van der Waals surface area contributed by atoms with Crippen LogP contribution in [0.2, 0.25) is 0 Å². The number of halogens is 1. The number of nitrogens with one attached hydrogen (secondary N) is 1. The number of benzene rings is 2. The maximum absolute atomic E-state index is 5.86. The Bertz CT molecular complexity index is 587. The van der Waals surface area contributed by atoms with Crippen LogP contribution in [0.3, 0.4) is 0 Å². The molecule has 0 aliphatic heterocycles. The van der Waals surface area contributed by atoms with Crippen molar-refractivity contribution >= 4 is 35.6 Å². The molecule has 5 heteroatoms. The fourth-order valence-electron chi connectivity index (χ4n) is 1.90. The monoisotopic (exact) mass is 411 g/mol. The van der Waals surface area contributed by atoms with Crippen molar-refractivity contribution < 1.29 is 4.74 Å². The van der Waals surface area contributed by atoms with E-state index in [0.717, 1.165) is 17.9 Å². The summed E-state index contributed by atoms with van der Waals surface area (Å²) in [5, 5.41) is 3.09. The van der Waals surface area contributed by atoms with E-state index in [1.54, 1.807) is 0 Å². The summed E-state index contributed by atoms with van der Waals surface area (Å²) < 4.78 is 5.55. The predicted octanol–water partition coefficient (Wildman–Crippen LogP) is 3.67. The zero-order valence-electron chi connectivity index (χ0n) is 12.7. The van der Waals surface area contributed by atoms with E-state index in [1.165, 1.54) is 5.56 Å². The molecule has 0 atom stereocenters. The van der Waals surface area contributed by atoms with Crippen LogP contribution >= 0.6 is 24.0 Å². The molecule has 2 aromatic rings. The molecule has 0 fully saturated rings. The molecule has 0 aliphatic rings. The van der Waals surface area contributed by atoms with Crippen LogP contribution in [-0.2, 0) is 6.42 Å². The Morgan fingerprint density at radius 3 is 2.64 bits per heavy atom. The minimum absolute atomic E-state index is 0.